The van der Waals surface area contributed by atoms with Crippen LogP contribution >= 0.6 is 11.8 Å². The number of carbonyl (C=O) groups is 1. The lowest BCUT2D eigenvalue weighted by Gasteiger charge is -2.12. The molecule has 0 radical (unpaired) electrons. The molecule has 0 aromatic heterocycles. The lowest BCUT2D eigenvalue weighted by Crippen LogP contribution is -2.16. The SMILES string of the molecule is CCCCCCC(Sc1ccc(OC)cc1)C(=O)O.NO. The fourth-order valence-electron chi connectivity index (χ4n) is 1.81. The second-order valence-corrected chi connectivity index (χ2v) is 5.75. The van der Waals surface area contributed by atoms with E-state index in [1.807, 2.05) is 24.3 Å². The number of benzene rings is 1. The van der Waals surface area contributed by atoms with E-state index in [-0.39, 0.29) is 5.25 Å². The van der Waals surface area contributed by atoms with Gasteiger partial charge in [-0.3, -0.25) is 4.79 Å². The molecule has 0 saturated heterocycles. The molecular formula is C15H25NO4S. The van der Waals surface area contributed by atoms with Gasteiger partial charge in [0.15, 0.2) is 0 Å². The lowest BCUT2D eigenvalue weighted by molar-refractivity contribution is -0.136. The Morgan fingerprint density at radius 2 is 1.86 bits per heavy atom. The number of rotatable bonds is 9. The highest BCUT2D eigenvalue weighted by atomic mass is 32.2. The second-order valence-electron chi connectivity index (χ2n) is 4.47. The number of nitrogens with two attached hydrogens (primary N) is 1. The predicted octanol–water partition coefficient (Wildman–Crippen LogP) is 3.55. The molecule has 0 amide bonds. The molecule has 0 aliphatic heterocycles. The topological polar surface area (TPSA) is 92.8 Å². The smallest absolute Gasteiger partial charge is 0.316 e. The van der Waals surface area contributed by atoms with Crippen molar-refractivity contribution in [2.45, 2.75) is 49.2 Å². The third-order valence-corrected chi connectivity index (χ3v) is 4.20. The van der Waals surface area contributed by atoms with Crippen molar-refractivity contribution in [2.75, 3.05) is 7.11 Å². The molecular weight excluding hydrogens is 290 g/mol. The van der Waals surface area contributed by atoms with Gasteiger partial charge in [0.1, 0.15) is 11.0 Å². The molecule has 0 fully saturated rings. The summed E-state index contributed by atoms with van der Waals surface area (Å²) in [6.45, 7) is 2.15. The first-order valence-electron chi connectivity index (χ1n) is 6.96. The summed E-state index contributed by atoms with van der Waals surface area (Å²) in [5.41, 5.74) is 0. The van der Waals surface area contributed by atoms with Crippen LogP contribution in [-0.4, -0.2) is 28.6 Å². The monoisotopic (exact) mass is 315 g/mol. The molecule has 0 bridgehead atoms. The van der Waals surface area contributed by atoms with Gasteiger partial charge in [0.2, 0.25) is 0 Å². The first-order valence-corrected chi connectivity index (χ1v) is 7.84. The van der Waals surface area contributed by atoms with Gasteiger partial charge in [-0.1, -0.05) is 32.6 Å². The van der Waals surface area contributed by atoms with Gasteiger partial charge in [-0.2, -0.15) is 0 Å². The Kier molecular flexibility index (Phi) is 11.8. The maximum atomic E-state index is 11.2. The minimum absolute atomic E-state index is 0.356. The van der Waals surface area contributed by atoms with Crippen LogP contribution in [0.4, 0.5) is 0 Å². The number of carboxylic acid groups (broad SMARTS) is 1. The molecule has 0 heterocycles. The van der Waals surface area contributed by atoms with Crippen LogP contribution in [0.15, 0.2) is 29.2 Å². The van der Waals surface area contributed by atoms with Crippen LogP contribution in [0.5, 0.6) is 5.75 Å². The second kappa shape index (κ2) is 12.5. The zero-order valence-electron chi connectivity index (χ0n) is 12.6. The zero-order valence-corrected chi connectivity index (χ0v) is 13.4. The third-order valence-electron chi connectivity index (χ3n) is 2.93. The summed E-state index contributed by atoms with van der Waals surface area (Å²) in [6, 6.07) is 7.54. The Labute approximate surface area is 130 Å². The van der Waals surface area contributed by atoms with Crippen molar-refractivity contribution in [1.29, 1.82) is 0 Å². The molecule has 1 rings (SSSR count). The summed E-state index contributed by atoms with van der Waals surface area (Å²) < 4.78 is 5.09. The highest BCUT2D eigenvalue weighted by molar-refractivity contribution is 8.00. The minimum Gasteiger partial charge on any atom is -0.497 e. The zero-order chi connectivity index (χ0) is 16.1. The molecule has 5 nitrogen and oxygen atoms in total. The largest absolute Gasteiger partial charge is 0.497 e. The summed E-state index contributed by atoms with van der Waals surface area (Å²) >= 11 is 1.42. The summed E-state index contributed by atoms with van der Waals surface area (Å²) in [6.07, 6.45) is 5.17. The maximum Gasteiger partial charge on any atom is 0.316 e. The van der Waals surface area contributed by atoms with Gasteiger partial charge >= 0.3 is 5.97 Å². The molecule has 1 aromatic rings. The van der Waals surface area contributed by atoms with Crippen molar-refractivity contribution in [3.8, 4) is 5.75 Å². The van der Waals surface area contributed by atoms with Crippen molar-refractivity contribution >= 4 is 17.7 Å². The molecule has 1 atom stereocenters. The summed E-state index contributed by atoms with van der Waals surface area (Å²) in [5, 5.41) is 15.4. The van der Waals surface area contributed by atoms with Gasteiger partial charge in [0.05, 0.1) is 7.11 Å². The van der Waals surface area contributed by atoms with E-state index in [9.17, 15) is 9.90 Å². The van der Waals surface area contributed by atoms with E-state index in [1.165, 1.54) is 24.6 Å². The van der Waals surface area contributed by atoms with Crippen LogP contribution in [-0.2, 0) is 4.79 Å². The summed E-state index contributed by atoms with van der Waals surface area (Å²) in [5.74, 6) is 3.57. The highest BCUT2D eigenvalue weighted by Gasteiger charge is 2.18. The maximum absolute atomic E-state index is 11.2. The molecule has 0 aliphatic rings. The number of thioether (sulfide) groups is 1. The highest BCUT2D eigenvalue weighted by Crippen LogP contribution is 2.28. The van der Waals surface area contributed by atoms with E-state index >= 15 is 0 Å². The Morgan fingerprint density at radius 3 is 2.33 bits per heavy atom. The first kappa shape index (κ1) is 19.8. The Morgan fingerprint density at radius 1 is 1.24 bits per heavy atom. The Balaban J connectivity index is 0.00000191. The number of ether oxygens (including phenoxy) is 1. The van der Waals surface area contributed by atoms with Gasteiger partial charge in [-0.25, -0.2) is 5.90 Å². The molecule has 120 valence electrons. The number of hydrogen-bond donors (Lipinski definition) is 3. The fourth-order valence-corrected chi connectivity index (χ4v) is 2.81. The van der Waals surface area contributed by atoms with E-state index in [0.717, 1.165) is 29.9 Å². The third kappa shape index (κ3) is 8.60. The number of methoxy groups -OCH3 is 1. The van der Waals surface area contributed by atoms with E-state index in [1.54, 1.807) is 7.11 Å². The normalized spacial score (nSPS) is 11.2. The predicted molar refractivity (Wildman–Crippen MR) is 85.0 cm³/mol. The van der Waals surface area contributed by atoms with Crippen LogP contribution in [0.25, 0.3) is 0 Å². The standard InChI is InChI=1S/C15H22O3S.H3NO/c1-3-4-5-6-7-14(15(16)17)19-13-10-8-12(18-2)9-11-13;1-2/h8-11,14H,3-7H2,1-2H3,(H,16,17);2H,1H2. The van der Waals surface area contributed by atoms with Crippen molar-refractivity contribution in [2.24, 2.45) is 5.90 Å². The molecule has 0 aliphatic carbocycles. The van der Waals surface area contributed by atoms with Crippen LogP contribution in [0.3, 0.4) is 0 Å². The molecule has 0 saturated carbocycles. The number of unbranched alkanes of at least 4 members (excludes halogenated alkanes) is 3. The van der Waals surface area contributed by atoms with Gasteiger partial charge < -0.3 is 15.1 Å². The van der Waals surface area contributed by atoms with Gasteiger partial charge in [-0.05, 0) is 30.7 Å². The number of hydrogen-bond acceptors (Lipinski definition) is 5. The van der Waals surface area contributed by atoms with Gasteiger partial charge in [0.25, 0.3) is 0 Å². The first-order chi connectivity index (χ1) is 10.2. The number of aliphatic carboxylic acids is 1. The van der Waals surface area contributed by atoms with E-state index in [2.05, 4.69) is 12.8 Å². The van der Waals surface area contributed by atoms with E-state index in [4.69, 9.17) is 9.94 Å². The van der Waals surface area contributed by atoms with Crippen LogP contribution in [0.2, 0.25) is 0 Å². The molecule has 4 N–H and O–H groups in total. The molecule has 1 aromatic carbocycles. The van der Waals surface area contributed by atoms with Crippen molar-refractivity contribution in [1.82, 2.24) is 0 Å². The van der Waals surface area contributed by atoms with Crippen molar-refractivity contribution < 1.29 is 19.8 Å². The Bertz CT molecular complexity index is 384. The van der Waals surface area contributed by atoms with Crippen molar-refractivity contribution in [3.63, 3.8) is 0 Å². The average Bonchev–Trinajstić information content (AvgIpc) is 2.52. The summed E-state index contributed by atoms with van der Waals surface area (Å²) in [7, 11) is 1.62. The minimum atomic E-state index is -0.725. The Hall–Kier alpha value is -1.24. The quantitative estimate of drug-likeness (QED) is 0.366. The molecule has 1 unspecified atom stereocenters. The lowest BCUT2D eigenvalue weighted by atomic mass is 10.1. The average molecular weight is 315 g/mol. The van der Waals surface area contributed by atoms with Crippen LogP contribution < -0.4 is 10.6 Å². The number of carboxylic acids is 1. The molecule has 6 heteroatoms. The van der Waals surface area contributed by atoms with Gasteiger partial charge in [0, 0.05) is 4.90 Å². The molecule has 0 spiro atoms. The van der Waals surface area contributed by atoms with Crippen LogP contribution in [0.1, 0.15) is 39.0 Å². The van der Waals surface area contributed by atoms with E-state index in [0.29, 0.717) is 0 Å². The van der Waals surface area contributed by atoms with E-state index < -0.39 is 5.97 Å². The molecule has 21 heavy (non-hydrogen) atoms. The van der Waals surface area contributed by atoms with Crippen LogP contribution in [0, 0.1) is 0 Å². The van der Waals surface area contributed by atoms with Gasteiger partial charge in [-0.15, -0.1) is 11.8 Å². The fraction of sp³-hybridized carbons (Fsp3) is 0.533. The summed E-state index contributed by atoms with van der Waals surface area (Å²) in [4.78, 5) is 12.2. The van der Waals surface area contributed by atoms with Crippen molar-refractivity contribution in [3.05, 3.63) is 24.3 Å².